The molecular weight excluding hydrogens is 435 g/mol. The van der Waals surface area contributed by atoms with Gasteiger partial charge in [0.15, 0.2) is 7.14 Å². The van der Waals surface area contributed by atoms with Gasteiger partial charge in [-0.25, -0.2) is 0 Å². The van der Waals surface area contributed by atoms with E-state index < -0.39 is 12.7 Å². The molecule has 3 heteroatoms. The first kappa shape index (κ1) is 20.9. The van der Waals surface area contributed by atoms with E-state index in [0.717, 1.165) is 43.7 Å². The van der Waals surface area contributed by atoms with Gasteiger partial charge in [-0.2, -0.15) is 0 Å². The Balaban J connectivity index is 1.52. The average molecular weight is 458 g/mol. The lowest BCUT2D eigenvalue weighted by atomic mass is 9.84. The number of rotatable bonds is 4. The summed E-state index contributed by atoms with van der Waals surface area (Å²) in [5.74, 6) is 0. The van der Waals surface area contributed by atoms with E-state index in [9.17, 15) is 9.67 Å². The molecule has 5 aromatic rings. The van der Waals surface area contributed by atoms with Crippen molar-refractivity contribution in [2.45, 2.75) is 5.60 Å². The molecule has 0 saturated heterocycles. The standard InChI is InChI=1S/C31H23O2P/c32-31(29-17-9-7-15-27(29)28-16-8-10-18-30(28)31)23-19-21-26(22-20-23)34(33,24-11-3-1-4-12-24)25-13-5-2-6-14-25/h1-22,32H. The van der Waals surface area contributed by atoms with Crippen LogP contribution in [0.2, 0.25) is 0 Å². The van der Waals surface area contributed by atoms with Crippen LogP contribution in [0, 0.1) is 0 Å². The molecule has 164 valence electrons. The Bertz CT molecular complexity index is 1430. The Morgan fingerprint density at radius 1 is 0.471 bits per heavy atom. The Morgan fingerprint density at radius 2 is 0.853 bits per heavy atom. The fourth-order valence-electron chi connectivity index (χ4n) is 5.16. The maximum absolute atomic E-state index is 14.7. The second-order valence-electron chi connectivity index (χ2n) is 8.63. The number of fused-ring (bicyclic) bond motifs is 3. The smallest absolute Gasteiger partial charge is 0.171 e. The topological polar surface area (TPSA) is 37.3 Å². The molecule has 0 saturated carbocycles. The number of hydrogen-bond acceptors (Lipinski definition) is 2. The highest BCUT2D eigenvalue weighted by Gasteiger charge is 2.43. The molecule has 2 nitrogen and oxygen atoms in total. The molecule has 34 heavy (non-hydrogen) atoms. The lowest BCUT2D eigenvalue weighted by Crippen LogP contribution is -2.28. The van der Waals surface area contributed by atoms with Gasteiger partial charge in [0.1, 0.15) is 5.60 Å². The summed E-state index contributed by atoms with van der Waals surface area (Å²) in [5.41, 5.74) is 3.35. The fraction of sp³-hybridized carbons (Fsp3) is 0.0323. The normalized spacial score (nSPS) is 13.8. The second-order valence-corrected chi connectivity index (χ2v) is 11.4. The third-order valence-corrected chi connectivity index (χ3v) is 9.89. The van der Waals surface area contributed by atoms with Crippen LogP contribution in [-0.2, 0) is 10.2 Å². The van der Waals surface area contributed by atoms with Crippen molar-refractivity contribution >= 4 is 23.1 Å². The molecule has 1 N–H and O–H groups in total. The maximum Gasteiger partial charge on any atom is 0.171 e. The Labute approximate surface area is 199 Å². The van der Waals surface area contributed by atoms with Gasteiger partial charge in [0.05, 0.1) is 0 Å². The summed E-state index contributed by atoms with van der Waals surface area (Å²) in [4.78, 5) is 0. The van der Waals surface area contributed by atoms with Gasteiger partial charge in [0.25, 0.3) is 0 Å². The van der Waals surface area contributed by atoms with Gasteiger partial charge in [-0.05, 0) is 16.7 Å². The van der Waals surface area contributed by atoms with Crippen molar-refractivity contribution in [3.63, 3.8) is 0 Å². The molecule has 0 fully saturated rings. The monoisotopic (exact) mass is 458 g/mol. The van der Waals surface area contributed by atoms with Gasteiger partial charge < -0.3 is 9.67 Å². The minimum absolute atomic E-state index is 0.747. The molecule has 0 amide bonds. The fourth-order valence-corrected chi connectivity index (χ4v) is 7.81. The Kier molecular flexibility index (Phi) is 4.88. The van der Waals surface area contributed by atoms with Crippen LogP contribution in [0.1, 0.15) is 16.7 Å². The van der Waals surface area contributed by atoms with Crippen molar-refractivity contribution in [2.75, 3.05) is 0 Å². The van der Waals surface area contributed by atoms with E-state index in [0.29, 0.717) is 0 Å². The summed E-state index contributed by atoms with van der Waals surface area (Å²) in [6.07, 6.45) is 0. The van der Waals surface area contributed by atoms with E-state index in [1.54, 1.807) is 0 Å². The molecule has 0 radical (unpaired) electrons. The van der Waals surface area contributed by atoms with E-state index >= 15 is 0 Å². The predicted molar refractivity (Wildman–Crippen MR) is 140 cm³/mol. The zero-order valence-corrected chi connectivity index (χ0v) is 19.4. The molecule has 0 atom stereocenters. The van der Waals surface area contributed by atoms with Gasteiger partial charge in [0, 0.05) is 27.0 Å². The van der Waals surface area contributed by atoms with Crippen molar-refractivity contribution in [2.24, 2.45) is 0 Å². The molecule has 0 heterocycles. The average Bonchev–Trinajstić information content (AvgIpc) is 3.19. The molecular formula is C31H23O2P. The molecule has 0 aromatic heterocycles. The number of aliphatic hydroxyl groups is 1. The van der Waals surface area contributed by atoms with Crippen LogP contribution in [-0.4, -0.2) is 5.11 Å². The van der Waals surface area contributed by atoms with Gasteiger partial charge in [0.2, 0.25) is 0 Å². The first-order valence-electron chi connectivity index (χ1n) is 11.4. The maximum atomic E-state index is 14.7. The van der Waals surface area contributed by atoms with Crippen molar-refractivity contribution in [3.05, 3.63) is 150 Å². The number of benzene rings is 5. The van der Waals surface area contributed by atoms with Crippen molar-refractivity contribution in [1.29, 1.82) is 0 Å². The predicted octanol–water partition coefficient (Wildman–Crippen LogP) is 5.59. The summed E-state index contributed by atoms with van der Waals surface area (Å²) < 4.78 is 14.7. The van der Waals surface area contributed by atoms with E-state index in [1.165, 1.54) is 0 Å². The highest BCUT2D eigenvalue weighted by atomic mass is 31.2. The molecule has 0 bridgehead atoms. The third-order valence-electron chi connectivity index (χ3n) is 6.81. The summed E-state index contributed by atoms with van der Waals surface area (Å²) in [5, 5.41) is 14.5. The Hall–Kier alpha value is -3.71. The summed E-state index contributed by atoms with van der Waals surface area (Å²) in [6.45, 7) is 0. The molecule has 1 aliphatic rings. The van der Waals surface area contributed by atoms with Crippen LogP contribution >= 0.6 is 7.14 Å². The summed E-state index contributed by atoms with van der Waals surface area (Å²) >= 11 is 0. The quantitative estimate of drug-likeness (QED) is 0.357. The molecule has 0 aliphatic heterocycles. The second kappa shape index (κ2) is 7.95. The zero-order chi connectivity index (χ0) is 23.2. The van der Waals surface area contributed by atoms with Crippen molar-refractivity contribution in [3.8, 4) is 11.1 Å². The van der Waals surface area contributed by atoms with Crippen LogP contribution in [0.4, 0.5) is 0 Å². The van der Waals surface area contributed by atoms with Gasteiger partial charge in [-0.3, -0.25) is 0 Å². The minimum atomic E-state index is -3.06. The van der Waals surface area contributed by atoms with Crippen molar-refractivity contribution < 1.29 is 9.67 Å². The lowest BCUT2D eigenvalue weighted by molar-refractivity contribution is 0.131. The summed E-state index contributed by atoms with van der Waals surface area (Å²) in [7, 11) is -3.06. The zero-order valence-electron chi connectivity index (χ0n) is 18.5. The first-order chi connectivity index (χ1) is 16.6. The highest BCUT2D eigenvalue weighted by Crippen LogP contribution is 2.51. The van der Waals surface area contributed by atoms with Crippen molar-refractivity contribution in [1.82, 2.24) is 0 Å². The largest absolute Gasteiger partial charge is 0.376 e. The first-order valence-corrected chi connectivity index (χ1v) is 13.1. The highest BCUT2D eigenvalue weighted by molar-refractivity contribution is 7.85. The lowest BCUT2D eigenvalue weighted by Gasteiger charge is -2.27. The molecule has 1 aliphatic carbocycles. The van der Waals surface area contributed by atoms with Crippen LogP contribution < -0.4 is 15.9 Å². The van der Waals surface area contributed by atoms with Gasteiger partial charge in [-0.1, -0.05) is 133 Å². The van der Waals surface area contributed by atoms with Crippen LogP contribution in [0.15, 0.2) is 133 Å². The molecule has 0 unspecified atom stereocenters. The van der Waals surface area contributed by atoms with Crippen LogP contribution in [0.5, 0.6) is 0 Å². The SMILES string of the molecule is O=P(c1ccccc1)(c1ccccc1)c1ccc(C2(O)c3ccccc3-c3ccccc32)cc1. The molecule has 6 rings (SSSR count). The van der Waals surface area contributed by atoms with Gasteiger partial charge >= 0.3 is 0 Å². The van der Waals surface area contributed by atoms with Crippen LogP contribution in [0.25, 0.3) is 11.1 Å². The van der Waals surface area contributed by atoms with E-state index in [2.05, 4.69) is 12.1 Å². The van der Waals surface area contributed by atoms with Crippen LogP contribution in [0.3, 0.4) is 0 Å². The Morgan fingerprint density at radius 3 is 1.32 bits per heavy atom. The van der Waals surface area contributed by atoms with E-state index in [-0.39, 0.29) is 0 Å². The summed E-state index contributed by atoms with van der Waals surface area (Å²) in [6, 6.07) is 43.0. The molecule has 5 aromatic carbocycles. The third kappa shape index (κ3) is 2.97. The number of hydrogen-bond donors (Lipinski definition) is 1. The molecule has 0 spiro atoms. The van der Waals surface area contributed by atoms with E-state index in [4.69, 9.17) is 0 Å². The van der Waals surface area contributed by atoms with E-state index in [1.807, 2.05) is 121 Å². The van der Waals surface area contributed by atoms with Gasteiger partial charge in [-0.15, -0.1) is 0 Å². The minimum Gasteiger partial charge on any atom is -0.376 e.